The summed E-state index contributed by atoms with van der Waals surface area (Å²) in [4.78, 5) is 18.3. The number of hydrogen-bond acceptors (Lipinski definition) is 6. The Bertz CT molecular complexity index is 968. The summed E-state index contributed by atoms with van der Waals surface area (Å²) in [6.07, 6.45) is 1.71. The van der Waals surface area contributed by atoms with E-state index < -0.39 is 15.9 Å². The van der Waals surface area contributed by atoms with Gasteiger partial charge >= 0.3 is 0 Å². The second-order valence-corrected chi connectivity index (χ2v) is 9.51. The summed E-state index contributed by atoms with van der Waals surface area (Å²) < 4.78 is 31.9. The van der Waals surface area contributed by atoms with Gasteiger partial charge in [-0.15, -0.1) is 0 Å². The minimum absolute atomic E-state index is 0.00631. The number of halogens is 2. The fourth-order valence-electron chi connectivity index (χ4n) is 2.95. The first-order chi connectivity index (χ1) is 14.3. The Hall–Kier alpha value is -2.07. The first-order valence-electron chi connectivity index (χ1n) is 9.33. The molecule has 30 heavy (non-hydrogen) atoms. The predicted molar refractivity (Wildman–Crippen MR) is 117 cm³/mol. The third-order valence-electron chi connectivity index (χ3n) is 4.55. The molecular formula is C19H22Cl2N4O4S. The predicted octanol–water partition coefficient (Wildman–Crippen LogP) is 2.04. The van der Waals surface area contributed by atoms with Crippen LogP contribution in [0.1, 0.15) is 0 Å². The molecule has 0 saturated carbocycles. The number of nitrogens with zero attached hydrogens (tertiary/aromatic N) is 3. The van der Waals surface area contributed by atoms with Crippen molar-refractivity contribution in [2.45, 2.75) is 0 Å². The maximum absolute atomic E-state index is 12.5. The molecule has 0 bridgehead atoms. The molecular weight excluding hydrogens is 451 g/mol. The number of carbonyl (C=O) groups excluding carboxylic acids is 1. The number of aromatic nitrogens is 1. The molecule has 0 radical (unpaired) electrons. The monoisotopic (exact) mass is 472 g/mol. The Labute approximate surface area is 185 Å². The standard InChI is InChI=1S/C19H22Cl2N4O4S/c20-16-5-4-15(13-17(16)21)29-14-19(26)23-7-12-30(27,28)25-10-8-24(9-11-25)18-3-1-2-6-22-18/h1-6,13H,7-12,14H2,(H,23,26). The maximum atomic E-state index is 12.5. The fraction of sp³-hybridized carbons (Fsp3) is 0.368. The highest BCUT2D eigenvalue weighted by Crippen LogP contribution is 2.26. The Morgan fingerprint density at radius 2 is 1.87 bits per heavy atom. The Morgan fingerprint density at radius 1 is 1.10 bits per heavy atom. The van der Waals surface area contributed by atoms with E-state index in [4.69, 9.17) is 27.9 Å². The molecule has 1 fully saturated rings. The minimum Gasteiger partial charge on any atom is -0.484 e. The van der Waals surface area contributed by atoms with Crippen molar-refractivity contribution in [2.75, 3.05) is 50.0 Å². The van der Waals surface area contributed by atoms with Gasteiger partial charge in [-0.3, -0.25) is 4.79 Å². The van der Waals surface area contributed by atoms with Gasteiger partial charge in [-0.05, 0) is 24.3 Å². The van der Waals surface area contributed by atoms with E-state index in [1.807, 2.05) is 23.1 Å². The van der Waals surface area contributed by atoms with E-state index in [0.29, 0.717) is 42.0 Å². The molecule has 0 spiro atoms. The number of nitrogens with one attached hydrogen (secondary N) is 1. The van der Waals surface area contributed by atoms with E-state index in [9.17, 15) is 13.2 Å². The number of ether oxygens (including phenoxy) is 1. The molecule has 2 heterocycles. The lowest BCUT2D eigenvalue weighted by Crippen LogP contribution is -2.50. The molecule has 1 aromatic heterocycles. The van der Waals surface area contributed by atoms with Crippen molar-refractivity contribution in [2.24, 2.45) is 0 Å². The van der Waals surface area contributed by atoms with Crippen LogP contribution in [0.15, 0.2) is 42.6 Å². The summed E-state index contributed by atoms with van der Waals surface area (Å²) in [6.45, 7) is 1.66. The largest absolute Gasteiger partial charge is 0.484 e. The van der Waals surface area contributed by atoms with Crippen LogP contribution in [0.4, 0.5) is 5.82 Å². The van der Waals surface area contributed by atoms with Crippen molar-refractivity contribution in [1.29, 1.82) is 0 Å². The first kappa shape index (κ1) is 22.6. The molecule has 0 aliphatic carbocycles. The van der Waals surface area contributed by atoms with Crippen molar-refractivity contribution in [3.8, 4) is 5.75 Å². The second kappa shape index (κ2) is 10.3. The molecule has 8 nitrogen and oxygen atoms in total. The van der Waals surface area contributed by atoms with Crippen molar-refractivity contribution in [1.82, 2.24) is 14.6 Å². The molecule has 3 rings (SSSR count). The summed E-state index contributed by atoms with van der Waals surface area (Å²) in [7, 11) is -3.46. The number of rotatable bonds is 8. The summed E-state index contributed by atoms with van der Waals surface area (Å²) in [5.74, 6) is 0.646. The lowest BCUT2D eigenvalue weighted by atomic mass is 10.3. The van der Waals surface area contributed by atoms with Crippen molar-refractivity contribution < 1.29 is 17.9 Å². The van der Waals surface area contributed by atoms with Crippen LogP contribution in [-0.2, 0) is 14.8 Å². The first-order valence-corrected chi connectivity index (χ1v) is 11.7. The van der Waals surface area contributed by atoms with Gasteiger partial charge in [0.1, 0.15) is 11.6 Å². The molecule has 1 aliphatic rings. The highest BCUT2D eigenvalue weighted by atomic mass is 35.5. The molecule has 1 aromatic carbocycles. The van der Waals surface area contributed by atoms with Crippen LogP contribution in [-0.4, -0.2) is 68.7 Å². The van der Waals surface area contributed by atoms with Gasteiger partial charge in [-0.1, -0.05) is 29.3 Å². The second-order valence-electron chi connectivity index (χ2n) is 6.60. The van der Waals surface area contributed by atoms with Crippen LogP contribution >= 0.6 is 23.2 Å². The number of pyridine rings is 1. The SMILES string of the molecule is O=C(COc1ccc(Cl)c(Cl)c1)NCCS(=O)(=O)N1CCN(c2ccccn2)CC1. The number of sulfonamides is 1. The minimum atomic E-state index is -3.46. The molecule has 1 N–H and O–H groups in total. The Kier molecular flexibility index (Phi) is 7.76. The average Bonchev–Trinajstić information content (AvgIpc) is 2.75. The van der Waals surface area contributed by atoms with Gasteiger partial charge < -0.3 is 15.0 Å². The summed E-state index contributed by atoms with van der Waals surface area (Å²) >= 11 is 11.7. The molecule has 1 aliphatic heterocycles. The topological polar surface area (TPSA) is 91.8 Å². The summed E-state index contributed by atoms with van der Waals surface area (Å²) in [6, 6.07) is 10.3. The molecule has 0 unspecified atom stereocenters. The van der Waals surface area contributed by atoms with Gasteiger partial charge in [-0.2, -0.15) is 4.31 Å². The van der Waals surface area contributed by atoms with Gasteiger partial charge in [0.05, 0.1) is 15.8 Å². The number of piperazine rings is 1. The lowest BCUT2D eigenvalue weighted by molar-refractivity contribution is -0.122. The Morgan fingerprint density at radius 3 is 2.53 bits per heavy atom. The molecule has 1 amide bonds. The third-order valence-corrected chi connectivity index (χ3v) is 7.16. The van der Waals surface area contributed by atoms with Crippen molar-refractivity contribution in [3.63, 3.8) is 0 Å². The highest BCUT2D eigenvalue weighted by Gasteiger charge is 2.27. The van der Waals surface area contributed by atoms with Crippen LogP contribution < -0.4 is 15.0 Å². The molecule has 2 aromatic rings. The number of benzene rings is 1. The van der Waals surface area contributed by atoms with Crippen molar-refractivity contribution >= 4 is 45.0 Å². The van der Waals surface area contributed by atoms with E-state index in [0.717, 1.165) is 5.82 Å². The van der Waals surface area contributed by atoms with E-state index >= 15 is 0 Å². The number of carbonyl (C=O) groups is 1. The van der Waals surface area contributed by atoms with Gasteiger partial charge in [0.25, 0.3) is 5.91 Å². The normalized spacial score (nSPS) is 15.1. The number of amides is 1. The Balaban J connectivity index is 1.39. The van der Waals surface area contributed by atoms with Gasteiger partial charge in [0, 0.05) is 45.0 Å². The van der Waals surface area contributed by atoms with Crippen molar-refractivity contribution in [3.05, 3.63) is 52.6 Å². The highest BCUT2D eigenvalue weighted by molar-refractivity contribution is 7.89. The number of anilines is 1. The molecule has 11 heteroatoms. The lowest BCUT2D eigenvalue weighted by Gasteiger charge is -2.34. The molecule has 162 valence electrons. The van der Waals surface area contributed by atoms with Gasteiger partial charge in [-0.25, -0.2) is 13.4 Å². The van der Waals surface area contributed by atoms with E-state index in [2.05, 4.69) is 10.3 Å². The zero-order valence-corrected chi connectivity index (χ0v) is 18.5. The zero-order valence-electron chi connectivity index (χ0n) is 16.1. The van der Waals surface area contributed by atoms with Crippen LogP contribution in [0, 0.1) is 0 Å². The summed E-state index contributed by atoms with van der Waals surface area (Å²) in [5, 5.41) is 3.27. The quantitative estimate of drug-likeness (QED) is 0.631. The number of hydrogen-bond donors (Lipinski definition) is 1. The molecule has 0 atom stereocenters. The fourth-order valence-corrected chi connectivity index (χ4v) is 4.58. The van der Waals surface area contributed by atoms with Crippen LogP contribution in [0.2, 0.25) is 10.0 Å². The van der Waals surface area contributed by atoms with Gasteiger partial charge in [0.2, 0.25) is 10.0 Å². The smallest absolute Gasteiger partial charge is 0.257 e. The van der Waals surface area contributed by atoms with Crippen LogP contribution in [0.5, 0.6) is 5.75 Å². The zero-order chi connectivity index (χ0) is 21.6. The van der Waals surface area contributed by atoms with Crippen LogP contribution in [0.3, 0.4) is 0 Å². The van der Waals surface area contributed by atoms with E-state index in [1.54, 1.807) is 18.3 Å². The third kappa shape index (κ3) is 6.21. The maximum Gasteiger partial charge on any atom is 0.257 e. The molecule has 1 saturated heterocycles. The van der Waals surface area contributed by atoms with E-state index in [-0.39, 0.29) is 18.9 Å². The summed E-state index contributed by atoms with van der Waals surface area (Å²) in [5.41, 5.74) is 0. The van der Waals surface area contributed by atoms with Gasteiger partial charge in [0.15, 0.2) is 6.61 Å². The average molecular weight is 473 g/mol. The van der Waals surface area contributed by atoms with Crippen LogP contribution in [0.25, 0.3) is 0 Å². The van der Waals surface area contributed by atoms with E-state index in [1.165, 1.54) is 10.4 Å².